The van der Waals surface area contributed by atoms with Crippen LogP contribution in [0.1, 0.15) is 34.5 Å². The Hall–Kier alpha value is -3.21. The normalized spacial score (nSPS) is 13.5. The average Bonchev–Trinajstić information content (AvgIpc) is 3.27. The minimum Gasteiger partial charge on any atom is -0.366 e. The minimum absolute atomic E-state index is 0.0179. The second-order valence-corrected chi connectivity index (χ2v) is 7.17. The highest BCUT2D eigenvalue weighted by Gasteiger charge is 2.22. The first-order chi connectivity index (χ1) is 13.7. The first-order valence-corrected chi connectivity index (χ1v) is 9.72. The molecule has 0 saturated carbocycles. The molecule has 0 atom stereocenters. The lowest BCUT2D eigenvalue weighted by atomic mass is 10.1. The summed E-state index contributed by atoms with van der Waals surface area (Å²) in [5.74, 6) is 1.21. The fourth-order valence-electron chi connectivity index (χ4n) is 3.46. The van der Waals surface area contributed by atoms with E-state index in [1.807, 2.05) is 41.3 Å². The third kappa shape index (κ3) is 4.19. The summed E-state index contributed by atoms with van der Waals surface area (Å²) in [5.41, 5.74) is 3.74. The Morgan fingerprint density at radius 3 is 2.54 bits per heavy atom. The number of amides is 1. The van der Waals surface area contributed by atoms with Gasteiger partial charge < -0.3 is 10.2 Å². The smallest absolute Gasteiger partial charge is 0.272 e. The Bertz CT molecular complexity index is 965. The largest absolute Gasteiger partial charge is 0.366 e. The van der Waals surface area contributed by atoms with Gasteiger partial charge in [-0.05, 0) is 25.3 Å². The zero-order valence-corrected chi connectivity index (χ0v) is 16.1. The summed E-state index contributed by atoms with van der Waals surface area (Å²) in [6, 6.07) is 19.9. The molecule has 0 bridgehead atoms. The van der Waals surface area contributed by atoms with Crippen LogP contribution >= 0.6 is 0 Å². The minimum atomic E-state index is -0.0179. The van der Waals surface area contributed by atoms with Gasteiger partial charge in [-0.25, -0.2) is 9.97 Å². The molecule has 1 saturated heterocycles. The van der Waals surface area contributed by atoms with Crippen LogP contribution in [0.3, 0.4) is 0 Å². The molecule has 0 aliphatic carbocycles. The summed E-state index contributed by atoms with van der Waals surface area (Å²) < 4.78 is 0. The Balaban J connectivity index is 1.64. The van der Waals surface area contributed by atoms with E-state index in [4.69, 9.17) is 0 Å². The number of carbonyl (C=O) groups excluding carboxylic acids is 1. The molecule has 1 fully saturated rings. The van der Waals surface area contributed by atoms with Crippen LogP contribution in [0.15, 0.2) is 60.7 Å². The van der Waals surface area contributed by atoms with Crippen molar-refractivity contribution in [3.05, 3.63) is 77.5 Å². The highest BCUT2D eigenvalue weighted by molar-refractivity contribution is 5.93. The van der Waals surface area contributed by atoms with E-state index in [0.29, 0.717) is 23.9 Å². The summed E-state index contributed by atoms with van der Waals surface area (Å²) in [6.07, 6.45) is 2.11. The van der Waals surface area contributed by atoms with Crippen LogP contribution in [0.4, 0.5) is 5.82 Å². The molecule has 1 aliphatic rings. The van der Waals surface area contributed by atoms with Crippen LogP contribution in [0.25, 0.3) is 11.4 Å². The Labute approximate surface area is 165 Å². The van der Waals surface area contributed by atoms with Gasteiger partial charge in [0.2, 0.25) is 0 Å². The molecule has 0 spiro atoms. The van der Waals surface area contributed by atoms with Gasteiger partial charge in [-0.3, -0.25) is 4.79 Å². The Morgan fingerprint density at radius 1 is 1.00 bits per heavy atom. The van der Waals surface area contributed by atoms with Crippen LogP contribution in [0, 0.1) is 6.92 Å². The molecule has 2 heterocycles. The molecular formula is C23H24N4O. The molecule has 5 nitrogen and oxygen atoms in total. The number of hydrogen-bond donors (Lipinski definition) is 1. The van der Waals surface area contributed by atoms with E-state index in [-0.39, 0.29) is 5.91 Å². The second kappa shape index (κ2) is 8.21. The van der Waals surface area contributed by atoms with Crippen LogP contribution in [-0.2, 0) is 6.54 Å². The number of anilines is 1. The molecule has 0 unspecified atom stereocenters. The number of nitrogens with one attached hydrogen (secondary N) is 1. The van der Waals surface area contributed by atoms with E-state index in [2.05, 4.69) is 40.4 Å². The molecule has 2 aromatic carbocycles. The molecular weight excluding hydrogens is 348 g/mol. The fraction of sp³-hybridized carbons (Fsp3) is 0.261. The number of rotatable bonds is 5. The zero-order chi connectivity index (χ0) is 19.3. The van der Waals surface area contributed by atoms with Gasteiger partial charge in [-0.1, -0.05) is 60.2 Å². The van der Waals surface area contributed by atoms with E-state index in [1.165, 1.54) is 11.1 Å². The average molecular weight is 372 g/mol. The van der Waals surface area contributed by atoms with Crippen molar-refractivity contribution in [2.24, 2.45) is 0 Å². The van der Waals surface area contributed by atoms with Crippen molar-refractivity contribution in [2.45, 2.75) is 26.3 Å². The topological polar surface area (TPSA) is 58.1 Å². The molecule has 1 N–H and O–H groups in total. The third-order valence-corrected chi connectivity index (χ3v) is 4.93. The summed E-state index contributed by atoms with van der Waals surface area (Å²) >= 11 is 0. The molecule has 0 radical (unpaired) electrons. The van der Waals surface area contributed by atoms with Crippen LogP contribution < -0.4 is 5.32 Å². The maximum Gasteiger partial charge on any atom is 0.272 e. The van der Waals surface area contributed by atoms with Crippen molar-refractivity contribution >= 4 is 11.7 Å². The predicted octanol–water partition coefficient (Wildman–Crippen LogP) is 4.30. The number of aromatic nitrogens is 2. The Morgan fingerprint density at radius 2 is 1.79 bits per heavy atom. The van der Waals surface area contributed by atoms with E-state index >= 15 is 0 Å². The van der Waals surface area contributed by atoms with Gasteiger partial charge in [0.25, 0.3) is 5.91 Å². The van der Waals surface area contributed by atoms with Gasteiger partial charge in [0.05, 0.1) is 0 Å². The van der Waals surface area contributed by atoms with Crippen LogP contribution in [-0.4, -0.2) is 33.9 Å². The highest BCUT2D eigenvalue weighted by Crippen LogP contribution is 2.20. The second-order valence-electron chi connectivity index (χ2n) is 7.17. The van der Waals surface area contributed by atoms with E-state index in [9.17, 15) is 4.79 Å². The number of aryl methyl sites for hydroxylation is 1. The third-order valence-electron chi connectivity index (χ3n) is 4.93. The van der Waals surface area contributed by atoms with Gasteiger partial charge in [0.1, 0.15) is 11.5 Å². The monoisotopic (exact) mass is 372 g/mol. The zero-order valence-electron chi connectivity index (χ0n) is 16.1. The maximum atomic E-state index is 12.9. The molecule has 142 valence electrons. The van der Waals surface area contributed by atoms with Crippen molar-refractivity contribution in [3.8, 4) is 11.4 Å². The van der Waals surface area contributed by atoms with Gasteiger partial charge in [-0.15, -0.1) is 0 Å². The van der Waals surface area contributed by atoms with Gasteiger partial charge in [0, 0.05) is 31.3 Å². The number of likely N-dealkylation sites (tertiary alicyclic amines) is 1. The standard InChI is InChI=1S/C23H24N4O/c1-17-8-7-9-18(14-17)16-24-21-15-20(23(28)27-12-5-6-13-27)25-22(26-21)19-10-3-2-4-11-19/h2-4,7-11,14-15H,5-6,12-13,16H2,1H3,(H,24,25,26). The fourth-order valence-corrected chi connectivity index (χ4v) is 3.46. The predicted molar refractivity (Wildman–Crippen MR) is 111 cm³/mol. The molecule has 1 aromatic heterocycles. The SMILES string of the molecule is Cc1cccc(CNc2cc(C(=O)N3CCCC3)nc(-c3ccccc3)n2)c1. The van der Waals surface area contributed by atoms with E-state index < -0.39 is 0 Å². The van der Waals surface area contributed by atoms with Crippen molar-refractivity contribution in [1.29, 1.82) is 0 Å². The Kier molecular flexibility index (Phi) is 5.33. The molecule has 5 heteroatoms. The first kappa shape index (κ1) is 18.2. The molecule has 28 heavy (non-hydrogen) atoms. The van der Waals surface area contributed by atoms with Crippen molar-refractivity contribution in [1.82, 2.24) is 14.9 Å². The van der Waals surface area contributed by atoms with Crippen molar-refractivity contribution < 1.29 is 4.79 Å². The quantitative estimate of drug-likeness (QED) is 0.725. The van der Waals surface area contributed by atoms with Gasteiger partial charge in [0.15, 0.2) is 5.82 Å². The van der Waals surface area contributed by atoms with Gasteiger partial charge in [-0.2, -0.15) is 0 Å². The van der Waals surface area contributed by atoms with Gasteiger partial charge >= 0.3 is 0 Å². The van der Waals surface area contributed by atoms with Crippen LogP contribution in [0.2, 0.25) is 0 Å². The van der Waals surface area contributed by atoms with E-state index in [1.54, 1.807) is 6.07 Å². The van der Waals surface area contributed by atoms with Crippen LogP contribution in [0.5, 0.6) is 0 Å². The summed E-state index contributed by atoms with van der Waals surface area (Å²) in [5, 5.41) is 3.36. The first-order valence-electron chi connectivity index (χ1n) is 9.72. The summed E-state index contributed by atoms with van der Waals surface area (Å²) in [4.78, 5) is 24.0. The van der Waals surface area contributed by atoms with Crippen molar-refractivity contribution in [3.63, 3.8) is 0 Å². The maximum absolute atomic E-state index is 12.9. The summed E-state index contributed by atoms with van der Waals surface area (Å²) in [6.45, 7) is 4.32. The molecule has 1 aliphatic heterocycles. The molecule has 4 rings (SSSR count). The molecule has 3 aromatic rings. The summed E-state index contributed by atoms with van der Waals surface area (Å²) in [7, 11) is 0. The lowest BCUT2D eigenvalue weighted by Gasteiger charge is -2.16. The lowest BCUT2D eigenvalue weighted by Crippen LogP contribution is -2.28. The van der Waals surface area contributed by atoms with E-state index in [0.717, 1.165) is 31.5 Å². The van der Waals surface area contributed by atoms with Crippen molar-refractivity contribution in [2.75, 3.05) is 18.4 Å². The number of carbonyl (C=O) groups is 1. The number of hydrogen-bond acceptors (Lipinski definition) is 4. The highest BCUT2D eigenvalue weighted by atomic mass is 16.2. The number of benzene rings is 2. The lowest BCUT2D eigenvalue weighted by molar-refractivity contribution is 0.0787. The molecule has 1 amide bonds. The number of nitrogens with zero attached hydrogens (tertiary/aromatic N) is 3.